The predicted molar refractivity (Wildman–Crippen MR) is 55.3 cm³/mol. The zero-order valence-electron chi connectivity index (χ0n) is 8.92. The van der Waals surface area contributed by atoms with Crippen molar-refractivity contribution >= 4 is 0 Å². The molecule has 1 atom stereocenters. The molecule has 0 amide bonds. The zero-order chi connectivity index (χ0) is 12.1. The Morgan fingerprint density at radius 3 is 2.56 bits per heavy atom. The second-order valence-electron chi connectivity index (χ2n) is 3.68. The molecule has 0 radical (unpaired) electrons. The van der Waals surface area contributed by atoms with Gasteiger partial charge >= 0.3 is 0 Å². The van der Waals surface area contributed by atoms with Gasteiger partial charge in [0, 0.05) is 12.1 Å². The van der Waals surface area contributed by atoms with Gasteiger partial charge in [0.1, 0.15) is 18.2 Å². The number of ether oxygens (including phenoxy) is 1. The summed E-state index contributed by atoms with van der Waals surface area (Å²) >= 11 is 0. The van der Waals surface area contributed by atoms with Gasteiger partial charge in [0.15, 0.2) is 0 Å². The molecule has 90 valence electrons. The van der Waals surface area contributed by atoms with Crippen LogP contribution in [0.5, 0.6) is 5.75 Å². The number of hydrogen-bond acceptors (Lipinski definition) is 2. The summed E-state index contributed by atoms with van der Waals surface area (Å²) in [5, 5.41) is 0. The fourth-order valence-electron chi connectivity index (χ4n) is 1.35. The molecule has 2 nitrogen and oxygen atoms in total. The van der Waals surface area contributed by atoms with E-state index in [0.29, 0.717) is 12.0 Å². The lowest BCUT2D eigenvalue weighted by Gasteiger charge is -2.09. The van der Waals surface area contributed by atoms with Crippen molar-refractivity contribution in [3.8, 4) is 5.75 Å². The summed E-state index contributed by atoms with van der Waals surface area (Å²) < 4.78 is 41.6. The van der Waals surface area contributed by atoms with Crippen molar-refractivity contribution in [1.29, 1.82) is 0 Å². The first kappa shape index (κ1) is 12.8. The van der Waals surface area contributed by atoms with Gasteiger partial charge in [-0.2, -0.15) is 0 Å². The molecule has 1 aromatic rings. The quantitative estimate of drug-likeness (QED) is 0.847. The van der Waals surface area contributed by atoms with E-state index in [1.54, 1.807) is 6.92 Å². The molecular formula is C11H14F3NO. The van der Waals surface area contributed by atoms with Crippen LogP contribution < -0.4 is 10.5 Å². The Labute approximate surface area is 92.2 Å². The van der Waals surface area contributed by atoms with Crippen molar-refractivity contribution in [1.82, 2.24) is 0 Å². The standard InChI is InChI=1S/C11H14F3NO/c1-7(15)2-8-3-9(12)5-10(4-8)16-6-11(13)14/h3-5,7,11H,2,6,15H2,1H3. The molecule has 1 unspecified atom stereocenters. The normalized spacial score (nSPS) is 12.9. The van der Waals surface area contributed by atoms with E-state index in [-0.39, 0.29) is 11.8 Å². The van der Waals surface area contributed by atoms with Crippen LogP contribution in [0.1, 0.15) is 12.5 Å². The molecule has 0 aliphatic carbocycles. The minimum Gasteiger partial charge on any atom is -0.488 e. The molecular weight excluding hydrogens is 219 g/mol. The molecule has 0 saturated carbocycles. The number of alkyl halides is 2. The average Bonchev–Trinajstić information content (AvgIpc) is 2.12. The number of nitrogens with two attached hydrogens (primary N) is 1. The number of rotatable bonds is 5. The van der Waals surface area contributed by atoms with E-state index < -0.39 is 18.8 Å². The van der Waals surface area contributed by atoms with Gasteiger partial charge in [-0.15, -0.1) is 0 Å². The molecule has 5 heteroatoms. The minimum absolute atomic E-state index is 0.107. The van der Waals surface area contributed by atoms with Crippen molar-refractivity contribution in [2.24, 2.45) is 5.73 Å². The average molecular weight is 233 g/mol. The van der Waals surface area contributed by atoms with E-state index in [1.807, 2.05) is 0 Å². The summed E-state index contributed by atoms with van der Waals surface area (Å²) in [5.41, 5.74) is 6.20. The Morgan fingerprint density at radius 1 is 1.31 bits per heavy atom. The molecule has 1 aromatic carbocycles. The summed E-state index contributed by atoms with van der Waals surface area (Å²) in [6, 6.07) is 3.80. The van der Waals surface area contributed by atoms with Gasteiger partial charge in [-0.3, -0.25) is 0 Å². The highest BCUT2D eigenvalue weighted by Gasteiger charge is 2.07. The van der Waals surface area contributed by atoms with Gasteiger partial charge in [0.05, 0.1) is 0 Å². The molecule has 16 heavy (non-hydrogen) atoms. The third-order valence-electron chi connectivity index (χ3n) is 1.86. The molecule has 2 N–H and O–H groups in total. The first-order valence-electron chi connectivity index (χ1n) is 4.93. The van der Waals surface area contributed by atoms with Crippen LogP contribution >= 0.6 is 0 Å². The van der Waals surface area contributed by atoms with E-state index in [0.717, 1.165) is 6.07 Å². The van der Waals surface area contributed by atoms with Gasteiger partial charge in [-0.1, -0.05) is 0 Å². The first-order chi connectivity index (χ1) is 7.47. The van der Waals surface area contributed by atoms with E-state index in [2.05, 4.69) is 0 Å². The second kappa shape index (κ2) is 5.75. The topological polar surface area (TPSA) is 35.2 Å². The molecule has 0 aliphatic rings. The van der Waals surface area contributed by atoms with E-state index in [1.165, 1.54) is 12.1 Å². The van der Waals surface area contributed by atoms with Crippen molar-refractivity contribution in [2.75, 3.05) is 6.61 Å². The Hall–Kier alpha value is -1.23. The maximum Gasteiger partial charge on any atom is 0.272 e. The molecule has 0 bridgehead atoms. The van der Waals surface area contributed by atoms with E-state index in [4.69, 9.17) is 10.5 Å². The van der Waals surface area contributed by atoms with E-state index >= 15 is 0 Å². The fourth-order valence-corrected chi connectivity index (χ4v) is 1.35. The predicted octanol–water partition coefficient (Wildman–Crippen LogP) is 2.36. The molecule has 0 aliphatic heterocycles. The van der Waals surface area contributed by atoms with Crippen LogP contribution in [-0.4, -0.2) is 19.1 Å². The summed E-state index contributed by atoms with van der Waals surface area (Å²) in [6.07, 6.45) is -2.09. The maximum absolute atomic E-state index is 13.1. The van der Waals surface area contributed by atoms with Crippen LogP contribution in [0.15, 0.2) is 18.2 Å². The Bertz CT molecular complexity index is 342. The van der Waals surface area contributed by atoms with Crippen molar-refractivity contribution in [3.05, 3.63) is 29.6 Å². The fraction of sp³-hybridized carbons (Fsp3) is 0.455. The molecule has 1 rings (SSSR count). The molecule has 0 spiro atoms. The molecule has 0 fully saturated rings. The van der Waals surface area contributed by atoms with Crippen molar-refractivity contribution < 1.29 is 17.9 Å². The lowest BCUT2D eigenvalue weighted by atomic mass is 10.1. The van der Waals surface area contributed by atoms with Crippen LogP contribution in [0.25, 0.3) is 0 Å². The third-order valence-corrected chi connectivity index (χ3v) is 1.86. The van der Waals surface area contributed by atoms with Gasteiger partial charge in [0.25, 0.3) is 6.43 Å². The van der Waals surface area contributed by atoms with Gasteiger partial charge in [-0.25, -0.2) is 13.2 Å². The van der Waals surface area contributed by atoms with Crippen LogP contribution in [0.3, 0.4) is 0 Å². The summed E-state index contributed by atoms with van der Waals surface area (Å²) in [6.45, 7) is 1.05. The highest BCUT2D eigenvalue weighted by Crippen LogP contribution is 2.18. The minimum atomic E-state index is -2.57. The van der Waals surface area contributed by atoms with Gasteiger partial charge in [0.2, 0.25) is 0 Å². The van der Waals surface area contributed by atoms with Crippen molar-refractivity contribution in [2.45, 2.75) is 25.8 Å². The highest BCUT2D eigenvalue weighted by atomic mass is 19.3. The first-order valence-corrected chi connectivity index (χ1v) is 4.93. The monoisotopic (exact) mass is 233 g/mol. The van der Waals surface area contributed by atoms with Crippen LogP contribution in [0, 0.1) is 5.82 Å². The summed E-state index contributed by atoms with van der Waals surface area (Å²) in [5.74, 6) is -0.404. The molecule has 0 aromatic heterocycles. The lowest BCUT2D eigenvalue weighted by molar-refractivity contribution is 0.0817. The highest BCUT2D eigenvalue weighted by molar-refractivity contribution is 5.30. The number of hydrogen-bond donors (Lipinski definition) is 1. The van der Waals surface area contributed by atoms with Gasteiger partial charge < -0.3 is 10.5 Å². The zero-order valence-corrected chi connectivity index (χ0v) is 8.92. The number of halogens is 3. The summed E-state index contributed by atoms with van der Waals surface area (Å²) in [4.78, 5) is 0. The maximum atomic E-state index is 13.1. The third kappa shape index (κ3) is 4.53. The Balaban J connectivity index is 2.73. The van der Waals surface area contributed by atoms with Crippen LogP contribution in [0.4, 0.5) is 13.2 Å². The Morgan fingerprint density at radius 2 is 2.00 bits per heavy atom. The molecule has 0 saturated heterocycles. The molecule has 0 heterocycles. The number of benzene rings is 1. The van der Waals surface area contributed by atoms with Gasteiger partial charge in [-0.05, 0) is 31.0 Å². The van der Waals surface area contributed by atoms with Crippen LogP contribution in [0.2, 0.25) is 0 Å². The smallest absolute Gasteiger partial charge is 0.272 e. The summed E-state index contributed by atoms with van der Waals surface area (Å²) in [7, 11) is 0. The second-order valence-corrected chi connectivity index (χ2v) is 3.68. The lowest BCUT2D eigenvalue weighted by Crippen LogP contribution is -2.18. The van der Waals surface area contributed by atoms with Crippen molar-refractivity contribution in [3.63, 3.8) is 0 Å². The van der Waals surface area contributed by atoms with Crippen LogP contribution in [-0.2, 0) is 6.42 Å². The largest absolute Gasteiger partial charge is 0.488 e. The SMILES string of the molecule is CC(N)Cc1cc(F)cc(OCC(F)F)c1. The Kier molecular flexibility index (Phi) is 4.61. The van der Waals surface area contributed by atoms with E-state index in [9.17, 15) is 13.2 Å².